The highest BCUT2D eigenvalue weighted by molar-refractivity contribution is 4.80. The van der Waals surface area contributed by atoms with Crippen molar-refractivity contribution in [3.05, 3.63) is 12.2 Å². The number of rotatable bonds is 4. The predicted molar refractivity (Wildman–Crippen MR) is 42.6 cm³/mol. The molecular weight excluding hydrogens is 110 g/mol. The standard InChI is InChI=1S/C8H17N/c1-4-5-6-7-8-9(2)3/h5-6H,4,7-8H2,1-3H3/b6-5+. The van der Waals surface area contributed by atoms with Crippen LogP contribution in [-0.4, -0.2) is 25.5 Å². The third kappa shape index (κ3) is 7.70. The van der Waals surface area contributed by atoms with E-state index in [9.17, 15) is 0 Å². The molecule has 0 aromatic rings. The minimum Gasteiger partial charge on any atom is -0.309 e. The minimum absolute atomic E-state index is 1.16. The van der Waals surface area contributed by atoms with Crippen LogP contribution < -0.4 is 0 Å². The molecule has 0 unspecified atom stereocenters. The number of hydrogen-bond acceptors (Lipinski definition) is 1. The molecule has 0 aliphatic heterocycles. The molecule has 0 bridgehead atoms. The van der Waals surface area contributed by atoms with E-state index in [4.69, 9.17) is 0 Å². The van der Waals surface area contributed by atoms with Crippen molar-refractivity contribution in [2.75, 3.05) is 20.6 Å². The maximum Gasteiger partial charge on any atom is 0.000980 e. The lowest BCUT2D eigenvalue weighted by Crippen LogP contribution is -2.11. The van der Waals surface area contributed by atoms with Gasteiger partial charge < -0.3 is 4.90 Å². The van der Waals surface area contributed by atoms with Crippen molar-refractivity contribution in [2.45, 2.75) is 19.8 Å². The zero-order chi connectivity index (χ0) is 7.11. The molecule has 1 heteroatoms. The van der Waals surface area contributed by atoms with Crippen molar-refractivity contribution >= 4 is 0 Å². The summed E-state index contributed by atoms with van der Waals surface area (Å²) in [5, 5.41) is 0. The molecule has 1 nitrogen and oxygen atoms in total. The van der Waals surface area contributed by atoms with Gasteiger partial charge in [0.25, 0.3) is 0 Å². The molecule has 0 aliphatic rings. The third-order valence-electron chi connectivity index (χ3n) is 1.15. The van der Waals surface area contributed by atoms with E-state index in [1.165, 1.54) is 6.42 Å². The fraction of sp³-hybridized carbons (Fsp3) is 0.750. The molecule has 0 heterocycles. The largest absolute Gasteiger partial charge is 0.309 e. The molecule has 0 spiro atoms. The van der Waals surface area contributed by atoms with Crippen LogP contribution in [0.5, 0.6) is 0 Å². The molecule has 0 aromatic heterocycles. The second-order valence-electron chi connectivity index (χ2n) is 2.47. The van der Waals surface area contributed by atoms with Gasteiger partial charge in [-0.1, -0.05) is 19.1 Å². The molecule has 54 valence electrons. The van der Waals surface area contributed by atoms with Gasteiger partial charge in [-0.05, 0) is 26.9 Å². The Bertz CT molecular complexity index is 74.6. The lowest BCUT2D eigenvalue weighted by molar-refractivity contribution is 0.417. The van der Waals surface area contributed by atoms with Gasteiger partial charge in [0.05, 0.1) is 0 Å². The average molecular weight is 127 g/mol. The second kappa shape index (κ2) is 5.83. The van der Waals surface area contributed by atoms with Gasteiger partial charge in [-0.15, -0.1) is 0 Å². The van der Waals surface area contributed by atoms with Crippen molar-refractivity contribution in [1.82, 2.24) is 4.90 Å². The normalized spacial score (nSPS) is 11.6. The maximum absolute atomic E-state index is 2.24. The first-order valence-electron chi connectivity index (χ1n) is 3.57. The van der Waals surface area contributed by atoms with Crippen LogP contribution in [0, 0.1) is 0 Å². The van der Waals surface area contributed by atoms with Gasteiger partial charge in [0.1, 0.15) is 0 Å². The molecule has 0 saturated heterocycles. The SMILES string of the molecule is CC/C=C/CCN(C)C. The molecule has 0 aromatic carbocycles. The highest BCUT2D eigenvalue weighted by Crippen LogP contribution is 1.87. The van der Waals surface area contributed by atoms with Crippen molar-refractivity contribution in [3.63, 3.8) is 0 Å². The Kier molecular flexibility index (Phi) is 5.64. The van der Waals surface area contributed by atoms with Crippen molar-refractivity contribution < 1.29 is 0 Å². The van der Waals surface area contributed by atoms with Gasteiger partial charge >= 0.3 is 0 Å². The Hall–Kier alpha value is -0.300. The highest BCUT2D eigenvalue weighted by Gasteiger charge is 1.83. The summed E-state index contributed by atoms with van der Waals surface area (Å²) in [6, 6.07) is 0. The summed E-state index contributed by atoms with van der Waals surface area (Å²) < 4.78 is 0. The van der Waals surface area contributed by atoms with Gasteiger partial charge in [0.15, 0.2) is 0 Å². The van der Waals surface area contributed by atoms with Gasteiger partial charge in [-0.2, -0.15) is 0 Å². The molecule has 0 amide bonds. The number of hydrogen-bond donors (Lipinski definition) is 0. The topological polar surface area (TPSA) is 3.24 Å². The predicted octanol–water partition coefficient (Wildman–Crippen LogP) is 1.90. The lowest BCUT2D eigenvalue weighted by Gasteiger charge is -2.05. The summed E-state index contributed by atoms with van der Waals surface area (Å²) in [4.78, 5) is 2.19. The molecule has 0 fully saturated rings. The van der Waals surface area contributed by atoms with Gasteiger partial charge in [0.2, 0.25) is 0 Å². The summed E-state index contributed by atoms with van der Waals surface area (Å²) in [7, 11) is 4.19. The number of allylic oxidation sites excluding steroid dienone is 1. The van der Waals surface area contributed by atoms with E-state index in [0.717, 1.165) is 13.0 Å². The van der Waals surface area contributed by atoms with Crippen molar-refractivity contribution in [3.8, 4) is 0 Å². The quantitative estimate of drug-likeness (QED) is 0.521. The minimum atomic E-state index is 1.16. The lowest BCUT2D eigenvalue weighted by atomic mass is 10.3. The molecule has 0 rings (SSSR count). The molecule has 0 saturated carbocycles. The summed E-state index contributed by atoms with van der Waals surface area (Å²) in [6.07, 6.45) is 6.79. The Morgan fingerprint density at radius 3 is 2.33 bits per heavy atom. The van der Waals surface area contributed by atoms with Gasteiger partial charge in [-0.25, -0.2) is 0 Å². The molecule has 9 heavy (non-hydrogen) atoms. The third-order valence-corrected chi connectivity index (χ3v) is 1.15. The molecule has 0 radical (unpaired) electrons. The maximum atomic E-state index is 2.24. The van der Waals surface area contributed by atoms with Crippen LogP contribution in [-0.2, 0) is 0 Å². The van der Waals surface area contributed by atoms with E-state index < -0.39 is 0 Å². The summed E-state index contributed by atoms with van der Waals surface area (Å²) in [5.41, 5.74) is 0. The Labute approximate surface area is 58.4 Å². The first-order chi connectivity index (χ1) is 4.27. The van der Waals surface area contributed by atoms with E-state index >= 15 is 0 Å². The van der Waals surface area contributed by atoms with Crippen molar-refractivity contribution in [2.24, 2.45) is 0 Å². The average Bonchev–Trinajstić information content (AvgIpc) is 1.80. The van der Waals surface area contributed by atoms with E-state index in [1.54, 1.807) is 0 Å². The highest BCUT2D eigenvalue weighted by atomic mass is 15.0. The zero-order valence-corrected chi connectivity index (χ0v) is 6.72. The Morgan fingerprint density at radius 1 is 1.22 bits per heavy atom. The second-order valence-corrected chi connectivity index (χ2v) is 2.47. The van der Waals surface area contributed by atoms with Crippen molar-refractivity contribution in [1.29, 1.82) is 0 Å². The van der Waals surface area contributed by atoms with E-state index in [2.05, 4.69) is 38.1 Å². The van der Waals surface area contributed by atoms with Gasteiger partial charge in [-0.3, -0.25) is 0 Å². The van der Waals surface area contributed by atoms with E-state index in [-0.39, 0.29) is 0 Å². The first kappa shape index (κ1) is 8.70. The Balaban J connectivity index is 2.99. The zero-order valence-electron chi connectivity index (χ0n) is 6.72. The van der Waals surface area contributed by atoms with Gasteiger partial charge in [0, 0.05) is 6.54 Å². The summed E-state index contributed by atoms with van der Waals surface area (Å²) in [5.74, 6) is 0. The summed E-state index contributed by atoms with van der Waals surface area (Å²) >= 11 is 0. The van der Waals surface area contributed by atoms with Crippen LogP contribution in [0.15, 0.2) is 12.2 Å². The number of nitrogens with zero attached hydrogens (tertiary/aromatic N) is 1. The van der Waals surface area contributed by atoms with Crippen LogP contribution in [0.25, 0.3) is 0 Å². The van der Waals surface area contributed by atoms with Crippen LogP contribution in [0.1, 0.15) is 19.8 Å². The molecule has 0 N–H and O–H groups in total. The smallest absolute Gasteiger partial charge is 0.000980 e. The molecule has 0 aliphatic carbocycles. The van der Waals surface area contributed by atoms with Crippen LogP contribution in [0.2, 0.25) is 0 Å². The molecule has 0 atom stereocenters. The summed E-state index contributed by atoms with van der Waals surface area (Å²) in [6.45, 7) is 3.32. The fourth-order valence-corrected chi connectivity index (χ4v) is 0.617. The van der Waals surface area contributed by atoms with E-state index in [1.807, 2.05) is 0 Å². The van der Waals surface area contributed by atoms with Crippen LogP contribution in [0.4, 0.5) is 0 Å². The van der Waals surface area contributed by atoms with E-state index in [0.29, 0.717) is 0 Å². The van der Waals surface area contributed by atoms with Crippen LogP contribution in [0.3, 0.4) is 0 Å². The van der Waals surface area contributed by atoms with Crippen LogP contribution >= 0.6 is 0 Å². The first-order valence-corrected chi connectivity index (χ1v) is 3.57. The fourth-order valence-electron chi connectivity index (χ4n) is 0.617. The Morgan fingerprint density at radius 2 is 1.89 bits per heavy atom. The molecular formula is C8H17N. The monoisotopic (exact) mass is 127 g/mol.